The molecule has 1 rings (SSSR count). The maximum Gasteiger partial charge on any atom is 0.191 e. The van der Waals surface area contributed by atoms with Crippen molar-refractivity contribution in [3.05, 3.63) is 36.4 Å². The molecule has 1 atom stereocenters. The van der Waals surface area contributed by atoms with Crippen molar-refractivity contribution in [2.45, 2.75) is 6.04 Å². The van der Waals surface area contributed by atoms with Crippen molar-refractivity contribution < 1.29 is 9.47 Å². The minimum absolute atomic E-state index is 0.164. The van der Waals surface area contributed by atoms with E-state index in [1.807, 2.05) is 32.3 Å². The van der Waals surface area contributed by atoms with Crippen molar-refractivity contribution in [3.8, 4) is 11.5 Å². The first-order valence-electron chi connectivity index (χ1n) is 7.51. The van der Waals surface area contributed by atoms with Gasteiger partial charge in [0.2, 0.25) is 0 Å². The number of benzene rings is 1. The van der Waals surface area contributed by atoms with Gasteiger partial charge in [0.25, 0.3) is 0 Å². The number of aliphatic imine (C=N–C) groups is 1. The van der Waals surface area contributed by atoms with Gasteiger partial charge in [0, 0.05) is 20.1 Å². The normalized spacial score (nSPS) is 12.7. The first-order valence-corrected chi connectivity index (χ1v) is 7.51. The summed E-state index contributed by atoms with van der Waals surface area (Å²) in [6.45, 7) is 5.07. The highest BCUT2D eigenvalue weighted by Gasteiger charge is 2.17. The summed E-state index contributed by atoms with van der Waals surface area (Å²) < 4.78 is 10.7. The summed E-state index contributed by atoms with van der Waals surface area (Å²) in [5, 5.41) is 6.49. The summed E-state index contributed by atoms with van der Waals surface area (Å²) >= 11 is 0. The number of methoxy groups -OCH3 is 2. The molecule has 0 bridgehead atoms. The van der Waals surface area contributed by atoms with E-state index >= 15 is 0 Å². The van der Waals surface area contributed by atoms with Crippen LogP contribution < -0.4 is 20.1 Å². The van der Waals surface area contributed by atoms with Gasteiger partial charge in [-0.2, -0.15) is 0 Å². The smallest absolute Gasteiger partial charge is 0.191 e. The second-order valence-electron chi connectivity index (χ2n) is 5.22. The molecule has 0 amide bonds. The van der Waals surface area contributed by atoms with Gasteiger partial charge in [-0.05, 0) is 31.8 Å². The van der Waals surface area contributed by atoms with E-state index in [0.717, 1.165) is 23.0 Å². The van der Waals surface area contributed by atoms with Crippen molar-refractivity contribution >= 4 is 5.96 Å². The summed E-state index contributed by atoms with van der Waals surface area (Å²) in [4.78, 5) is 6.34. The van der Waals surface area contributed by atoms with Gasteiger partial charge in [0.05, 0.1) is 20.3 Å². The number of guanidine groups is 1. The van der Waals surface area contributed by atoms with Crippen LogP contribution in [0.1, 0.15) is 11.6 Å². The molecule has 1 aromatic rings. The minimum atomic E-state index is 0.164. The molecule has 1 aromatic carbocycles. The maximum atomic E-state index is 5.40. The van der Waals surface area contributed by atoms with E-state index in [4.69, 9.17) is 9.47 Å². The topological polar surface area (TPSA) is 58.1 Å². The van der Waals surface area contributed by atoms with Crippen LogP contribution in [0.2, 0.25) is 0 Å². The zero-order chi connectivity index (χ0) is 17.2. The van der Waals surface area contributed by atoms with Crippen LogP contribution in [-0.2, 0) is 0 Å². The van der Waals surface area contributed by atoms with E-state index in [1.165, 1.54) is 0 Å². The van der Waals surface area contributed by atoms with Crippen LogP contribution in [0.5, 0.6) is 11.5 Å². The number of nitrogens with zero attached hydrogens (tertiary/aromatic N) is 2. The zero-order valence-corrected chi connectivity index (χ0v) is 14.7. The maximum absolute atomic E-state index is 5.40. The molecule has 0 aromatic heterocycles. The largest absolute Gasteiger partial charge is 0.493 e. The lowest BCUT2D eigenvalue weighted by atomic mass is 10.1. The predicted octanol–water partition coefficient (Wildman–Crippen LogP) is 1.66. The lowest BCUT2D eigenvalue weighted by Gasteiger charge is -2.26. The Morgan fingerprint density at radius 3 is 2.48 bits per heavy atom. The SMILES string of the molecule is C=CCNC(=NC)NCC(c1ccc(OC)c(OC)c1)N(C)C. The van der Waals surface area contributed by atoms with E-state index in [2.05, 4.69) is 27.1 Å². The van der Waals surface area contributed by atoms with E-state index in [0.29, 0.717) is 13.1 Å². The van der Waals surface area contributed by atoms with Crippen molar-refractivity contribution in [1.82, 2.24) is 15.5 Å². The second kappa shape index (κ2) is 9.74. The fourth-order valence-electron chi connectivity index (χ4n) is 2.24. The van der Waals surface area contributed by atoms with E-state index < -0.39 is 0 Å². The molecule has 0 radical (unpaired) electrons. The molecule has 0 aliphatic carbocycles. The monoisotopic (exact) mass is 320 g/mol. The molecule has 128 valence electrons. The third kappa shape index (κ3) is 5.49. The first kappa shape index (κ1) is 18.8. The van der Waals surface area contributed by atoms with E-state index in [1.54, 1.807) is 27.3 Å². The van der Waals surface area contributed by atoms with E-state index in [-0.39, 0.29) is 6.04 Å². The van der Waals surface area contributed by atoms with Crippen LogP contribution in [0, 0.1) is 0 Å². The fraction of sp³-hybridized carbons (Fsp3) is 0.471. The highest BCUT2D eigenvalue weighted by Crippen LogP contribution is 2.31. The first-order chi connectivity index (χ1) is 11.1. The molecule has 1 unspecified atom stereocenters. The summed E-state index contributed by atoms with van der Waals surface area (Å²) in [6, 6.07) is 6.14. The summed E-state index contributed by atoms with van der Waals surface area (Å²) in [7, 11) is 9.12. The molecule has 6 heteroatoms. The molecule has 0 spiro atoms. The van der Waals surface area contributed by atoms with Gasteiger partial charge in [0.1, 0.15) is 0 Å². The molecule has 0 fully saturated rings. The van der Waals surface area contributed by atoms with Crippen molar-refractivity contribution in [3.63, 3.8) is 0 Å². The van der Waals surface area contributed by atoms with Crippen molar-refractivity contribution in [1.29, 1.82) is 0 Å². The highest BCUT2D eigenvalue weighted by molar-refractivity contribution is 5.79. The Hall–Kier alpha value is -2.21. The van der Waals surface area contributed by atoms with Crippen molar-refractivity contribution in [2.75, 3.05) is 48.5 Å². The Labute approximate surface area is 139 Å². The molecule has 2 N–H and O–H groups in total. The summed E-state index contributed by atoms with van der Waals surface area (Å²) in [6.07, 6.45) is 1.80. The number of ether oxygens (including phenoxy) is 2. The Morgan fingerprint density at radius 1 is 1.26 bits per heavy atom. The van der Waals surface area contributed by atoms with Gasteiger partial charge in [-0.1, -0.05) is 12.1 Å². The molecule has 0 heterocycles. The van der Waals surface area contributed by atoms with Crippen LogP contribution in [-0.4, -0.2) is 59.3 Å². The standard InChI is InChI=1S/C17H28N4O2/c1-7-10-19-17(18-2)20-12-14(21(3)4)13-8-9-15(22-5)16(11-13)23-6/h7-9,11,14H,1,10,12H2,2-6H3,(H2,18,19,20). The average molecular weight is 320 g/mol. The third-order valence-electron chi connectivity index (χ3n) is 3.52. The Morgan fingerprint density at radius 2 is 1.96 bits per heavy atom. The van der Waals surface area contributed by atoms with Gasteiger partial charge in [0.15, 0.2) is 17.5 Å². The Bertz CT molecular complexity index is 529. The third-order valence-corrected chi connectivity index (χ3v) is 3.52. The Kier molecular flexibility index (Phi) is 7.97. The summed E-state index contributed by atoms with van der Waals surface area (Å²) in [5.41, 5.74) is 1.14. The molecule has 0 saturated heterocycles. The molecular formula is C17H28N4O2. The van der Waals surface area contributed by atoms with Gasteiger partial charge < -0.3 is 25.0 Å². The van der Waals surface area contributed by atoms with Gasteiger partial charge >= 0.3 is 0 Å². The number of nitrogens with one attached hydrogen (secondary N) is 2. The zero-order valence-electron chi connectivity index (χ0n) is 14.7. The van der Waals surface area contributed by atoms with Gasteiger partial charge in [-0.3, -0.25) is 4.99 Å². The van der Waals surface area contributed by atoms with E-state index in [9.17, 15) is 0 Å². The lowest BCUT2D eigenvalue weighted by molar-refractivity contribution is 0.296. The van der Waals surface area contributed by atoms with Crippen LogP contribution in [0.15, 0.2) is 35.8 Å². The second-order valence-corrected chi connectivity index (χ2v) is 5.22. The minimum Gasteiger partial charge on any atom is -0.493 e. The average Bonchev–Trinajstić information content (AvgIpc) is 2.57. The number of rotatable bonds is 8. The molecule has 0 aliphatic rings. The van der Waals surface area contributed by atoms with Crippen LogP contribution in [0.25, 0.3) is 0 Å². The fourth-order valence-corrected chi connectivity index (χ4v) is 2.24. The Balaban J connectivity index is 2.88. The quantitative estimate of drug-likeness (QED) is 0.433. The summed E-state index contributed by atoms with van der Waals surface area (Å²) in [5.74, 6) is 2.20. The van der Waals surface area contributed by atoms with Crippen molar-refractivity contribution in [2.24, 2.45) is 4.99 Å². The predicted molar refractivity (Wildman–Crippen MR) is 95.5 cm³/mol. The number of hydrogen-bond acceptors (Lipinski definition) is 4. The number of likely N-dealkylation sites (N-methyl/N-ethyl adjacent to an activating group) is 1. The van der Waals surface area contributed by atoms with Crippen LogP contribution >= 0.6 is 0 Å². The van der Waals surface area contributed by atoms with Crippen LogP contribution in [0.3, 0.4) is 0 Å². The number of hydrogen-bond donors (Lipinski definition) is 2. The molecule has 23 heavy (non-hydrogen) atoms. The lowest BCUT2D eigenvalue weighted by Crippen LogP contribution is -2.41. The molecular weight excluding hydrogens is 292 g/mol. The molecule has 0 aliphatic heterocycles. The molecule has 0 saturated carbocycles. The highest BCUT2D eigenvalue weighted by atomic mass is 16.5. The van der Waals surface area contributed by atoms with Crippen LogP contribution in [0.4, 0.5) is 0 Å². The molecule has 6 nitrogen and oxygen atoms in total. The van der Waals surface area contributed by atoms with Gasteiger partial charge in [-0.15, -0.1) is 6.58 Å². The van der Waals surface area contributed by atoms with Gasteiger partial charge in [-0.25, -0.2) is 0 Å².